The van der Waals surface area contributed by atoms with Gasteiger partial charge in [-0.25, -0.2) is 4.79 Å². The second-order valence-electron chi connectivity index (χ2n) is 8.97. The fourth-order valence-electron chi connectivity index (χ4n) is 3.77. The van der Waals surface area contributed by atoms with Crippen LogP contribution in [-0.4, -0.2) is 30.2 Å². The van der Waals surface area contributed by atoms with Crippen molar-refractivity contribution in [3.05, 3.63) is 59.7 Å². The van der Waals surface area contributed by atoms with Crippen LogP contribution in [-0.2, 0) is 14.3 Å². The topological polar surface area (TPSA) is 102 Å². The van der Waals surface area contributed by atoms with E-state index in [-0.39, 0.29) is 17.3 Å². The second kappa shape index (κ2) is 16.2. The molecule has 0 saturated heterocycles. The van der Waals surface area contributed by atoms with Crippen LogP contribution in [0.2, 0.25) is 0 Å². The van der Waals surface area contributed by atoms with Gasteiger partial charge >= 0.3 is 5.97 Å². The van der Waals surface area contributed by atoms with Crippen molar-refractivity contribution in [3.63, 3.8) is 0 Å². The summed E-state index contributed by atoms with van der Waals surface area (Å²) in [5.74, 6) is -1.39. The van der Waals surface area contributed by atoms with Gasteiger partial charge < -0.3 is 15.4 Å². The molecular formula is C29H38N2O5. The molecule has 2 aromatic carbocycles. The highest BCUT2D eigenvalue weighted by Gasteiger charge is 2.12. The molecule has 0 bridgehead atoms. The molecule has 0 aliphatic heterocycles. The number of hydrogen-bond acceptors (Lipinski definition) is 5. The van der Waals surface area contributed by atoms with Crippen LogP contribution in [0.5, 0.6) is 0 Å². The average Bonchev–Trinajstić information content (AvgIpc) is 2.86. The zero-order chi connectivity index (χ0) is 26.2. The van der Waals surface area contributed by atoms with Gasteiger partial charge in [-0.3, -0.25) is 14.4 Å². The van der Waals surface area contributed by atoms with Gasteiger partial charge in [-0.2, -0.15) is 0 Å². The van der Waals surface area contributed by atoms with Gasteiger partial charge in [0.2, 0.25) is 5.91 Å². The number of unbranched alkanes of at least 4 members (excludes halogenated alkanes) is 8. The average molecular weight is 495 g/mol. The molecule has 2 N–H and O–H groups in total. The number of carbonyl (C=O) groups is 4. The van der Waals surface area contributed by atoms with E-state index in [4.69, 9.17) is 4.74 Å². The van der Waals surface area contributed by atoms with E-state index < -0.39 is 18.5 Å². The summed E-state index contributed by atoms with van der Waals surface area (Å²) in [6.45, 7) is 3.18. The summed E-state index contributed by atoms with van der Waals surface area (Å²) in [6, 6.07) is 13.0. The lowest BCUT2D eigenvalue weighted by Crippen LogP contribution is -2.21. The zero-order valence-corrected chi connectivity index (χ0v) is 21.4. The molecule has 7 heteroatoms. The van der Waals surface area contributed by atoms with E-state index in [1.165, 1.54) is 51.5 Å². The first-order valence-electron chi connectivity index (χ1n) is 12.9. The third kappa shape index (κ3) is 11.3. The van der Waals surface area contributed by atoms with E-state index in [1.807, 2.05) is 0 Å². The van der Waals surface area contributed by atoms with Gasteiger partial charge in [0.1, 0.15) is 0 Å². The number of benzene rings is 2. The van der Waals surface area contributed by atoms with Gasteiger partial charge in [-0.1, -0.05) is 76.5 Å². The van der Waals surface area contributed by atoms with Gasteiger partial charge in [0.25, 0.3) is 5.91 Å². The molecule has 0 atom stereocenters. The van der Waals surface area contributed by atoms with Gasteiger partial charge in [0.15, 0.2) is 12.4 Å². The first-order valence-corrected chi connectivity index (χ1v) is 12.9. The Morgan fingerprint density at radius 1 is 0.694 bits per heavy atom. The van der Waals surface area contributed by atoms with Gasteiger partial charge in [0.05, 0.1) is 5.56 Å². The van der Waals surface area contributed by atoms with Crippen molar-refractivity contribution in [1.82, 2.24) is 0 Å². The molecule has 0 radical (unpaired) electrons. The third-order valence-corrected chi connectivity index (χ3v) is 5.78. The number of carbonyl (C=O) groups excluding carboxylic acids is 4. The maximum Gasteiger partial charge on any atom is 0.338 e. The Morgan fingerprint density at radius 2 is 1.22 bits per heavy atom. The van der Waals surface area contributed by atoms with Crippen molar-refractivity contribution in [3.8, 4) is 0 Å². The number of amides is 2. The number of ketones is 1. The van der Waals surface area contributed by atoms with Crippen LogP contribution in [0.15, 0.2) is 48.5 Å². The predicted molar refractivity (Wildman–Crippen MR) is 142 cm³/mol. The lowest BCUT2D eigenvalue weighted by molar-refractivity contribution is -0.119. The van der Waals surface area contributed by atoms with Crippen molar-refractivity contribution < 1.29 is 23.9 Å². The molecule has 2 rings (SSSR count). The largest absolute Gasteiger partial charge is 0.452 e. The summed E-state index contributed by atoms with van der Waals surface area (Å²) in [5, 5.41) is 5.42. The summed E-state index contributed by atoms with van der Waals surface area (Å²) >= 11 is 0. The van der Waals surface area contributed by atoms with Crippen molar-refractivity contribution in [1.29, 1.82) is 0 Å². The maximum atomic E-state index is 12.4. The molecule has 0 aromatic heterocycles. The number of anilines is 2. The molecule has 36 heavy (non-hydrogen) atoms. The first kappa shape index (κ1) is 28.8. The van der Waals surface area contributed by atoms with Crippen LogP contribution in [0.1, 0.15) is 98.8 Å². The highest BCUT2D eigenvalue weighted by molar-refractivity contribution is 5.99. The fourth-order valence-corrected chi connectivity index (χ4v) is 3.77. The molecule has 7 nitrogen and oxygen atoms in total. The molecule has 0 fully saturated rings. The minimum Gasteiger partial charge on any atom is -0.452 e. The Kier molecular flexibility index (Phi) is 13.0. The van der Waals surface area contributed by atoms with Crippen LogP contribution in [0, 0.1) is 0 Å². The van der Waals surface area contributed by atoms with Crippen LogP contribution in [0.4, 0.5) is 11.4 Å². The SMILES string of the molecule is CCCCCCCCCCCC(=O)Nc1cccc(C(=O)OCC(=O)Nc2cccc(C(C)=O)c2)c1. The van der Waals surface area contributed by atoms with Crippen molar-refractivity contribution in [2.24, 2.45) is 0 Å². The second-order valence-corrected chi connectivity index (χ2v) is 8.97. The molecule has 2 amide bonds. The van der Waals surface area contributed by atoms with Crippen LogP contribution in [0.25, 0.3) is 0 Å². The molecule has 0 unspecified atom stereocenters. The number of Topliss-reactive ketones (excluding diaryl/α,β-unsaturated/α-hetero) is 1. The molecule has 0 saturated carbocycles. The Hall–Kier alpha value is -3.48. The fraction of sp³-hybridized carbons (Fsp3) is 0.448. The lowest BCUT2D eigenvalue weighted by atomic mass is 10.1. The first-order chi connectivity index (χ1) is 17.4. The normalized spacial score (nSPS) is 10.5. The third-order valence-electron chi connectivity index (χ3n) is 5.78. The number of ether oxygens (including phenoxy) is 1. The minimum atomic E-state index is -0.669. The molecule has 0 heterocycles. The summed E-state index contributed by atoms with van der Waals surface area (Å²) in [5.41, 5.74) is 1.67. The Labute approximate surface area is 214 Å². The highest BCUT2D eigenvalue weighted by Crippen LogP contribution is 2.15. The summed E-state index contributed by atoms with van der Waals surface area (Å²) in [6.07, 6.45) is 11.1. The summed E-state index contributed by atoms with van der Waals surface area (Å²) < 4.78 is 5.10. The Morgan fingerprint density at radius 3 is 1.83 bits per heavy atom. The van der Waals surface area contributed by atoms with Crippen LogP contribution >= 0.6 is 0 Å². The van der Waals surface area contributed by atoms with E-state index in [0.29, 0.717) is 23.4 Å². The smallest absolute Gasteiger partial charge is 0.338 e. The van der Waals surface area contributed by atoms with E-state index in [1.54, 1.807) is 42.5 Å². The van der Waals surface area contributed by atoms with Gasteiger partial charge in [-0.05, 0) is 43.7 Å². The van der Waals surface area contributed by atoms with E-state index in [0.717, 1.165) is 19.3 Å². The molecule has 0 spiro atoms. The number of nitrogens with one attached hydrogen (secondary N) is 2. The standard InChI is InChI=1S/C29H38N2O5/c1-3-4-5-6-7-8-9-10-11-18-27(33)30-26-17-13-15-24(20-26)29(35)36-21-28(34)31-25-16-12-14-23(19-25)22(2)32/h12-17,19-20H,3-11,18,21H2,1-2H3,(H,30,33)(H,31,34). The van der Waals surface area contributed by atoms with Crippen molar-refractivity contribution >= 4 is 34.9 Å². The van der Waals surface area contributed by atoms with Crippen LogP contribution in [0.3, 0.4) is 0 Å². The summed E-state index contributed by atoms with van der Waals surface area (Å²) in [4.78, 5) is 48.2. The molecule has 0 aliphatic rings. The molecule has 2 aromatic rings. The minimum absolute atomic E-state index is 0.0874. The quantitative estimate of drug-likeness (QED) is 0.157. The molecule has 194 valence electrons. The molecular weight excluding hydrogens is 456 g/mol. The highest BCUT2D eigenvalue weighted by atomic mass is 16.5. The Bertz CT molecular complexity index is 1020. The summed E-state index contributed by atoms with van der Waals surface area (Å²) in [7, 11) is 0. The van der Waals surface area contributed by atoms with Crippen molar-refractivity contribution in [2.45, 2.75) is 78.1 Å². The van der Waals surface area contributed by atoms with Gasteiger partial charge in [-0.15, -0.1) is 0 Å². The lowest BCUT2D eigenvalue weighted by Gasteiger charge is -2.09. The van der Waals surface area contributed by atoms with Crippen LogP contribution < -0.4 is 10.6 Å². The van der Waals surface area contributed by atoms with E-state index in [2.05, 4.69) is 17.6 Å². The Balaban J connectivity index is 1.70. The predicted octanol–water partition coefficient (Wildman–Crippen LogP) is 6.54. The molecule has 0 aliphatic carbocycles. The van der Waals surface area contributed by atoms with E-state index in [9.17, 15) is 19.2 Å². The number of rotatable bonds is 16. The van der Waals surface area contributed by atoms with Gasteiger partial charge in [0, 0.05) is 23.4 Å². The number of esters is 1. The maximum absolute atomic E-state index is 12.4. The zero-order valence-electron chi connectivity index (χ0n) is 21.4. The number of hydrogen-bond donors (Lipinski definition) is 2. The van der Waals surface area contributed by atoms with E-state index >= 15 is 0 Å². The monoisotopic (exact) mass is 494 g/mol. The van der Waals surface area contributed by atoms with Crippen molar-refractivity contribution in [2.75, 3.05) is 17.2 Å².